The number of hydrogen-bond donors (Lipinski definition) is 1. The first-order chi connectivity index (χ1) is 15.5. The van der Waals surface area contributed by atoms with Crippen LogP contribution in [0.25, 0.3) is 0 Å². The van der Waals surface area contributed by atoms with E-state index in [0.29, 0.717) is 0 Å². The maximum Gasteiger partial charge on any atom is 0.430 e. The van der Waals surface area contributed by atoms with Gasteiger partial charge in [0, 0.05) is 53.4 Å². The largest absolute Gasteiger partial charge is 0.430 e. The topological polar surface area (TPSA) is 81.0 Å². The molecule has 0 amide bonds. The monoisotopic (exact) mass is 546 g/mol. The molecule has 178 valence electrons. The number of thiazole rings is 4. The first-order valence-electron chi connectivity index (χ1n) is 8.49. The van der Waals surface area contributed by atoms with Crippen molar-refractivity contribution in [2.45, 2.75) is 23.6 Å². The highest BCUT2D eigenvalue weighted by molar-refractivity contribution is 7.11. The Balaban J connectivity index is 0.000000186. The number of aromatic nitrogens is 4. The molecule has 0 radical (unpaired) electrons. The fourth-order valence-electron chi connectivity index (χ4n) is 2.56. The van der Waals surface area contributed by atoms with Gasteiger partial charge in [-0.2, -0.15) is 26.3 Å². The van der Waals surface area contributed by atoms with Gasteiger partial charge in [0.25, 0.3) is 11.2 Å². The van der Waals surface area contributed by atoms with Crippen molar-refractivity contribution in [3.05, 3.63) is 66.3 Å². The molecule has 0 aliphatic heterocycles. The molecule has 0 aliphatic carbocycles. The van der Waals surface area contributed by atoms with Crippen LogP contribution in [0.3, 0.4) is 0 Å². The molecule has 0 saturated carbocycles. The summed E-state index contributed by atoms with van der Waals surface area (Å²) in [7, 11) is 1.01. The predicted molar refractivity (Wildman–Crippen MR) is 111 cm³/mol. The average molecular weight is 547 g/mol. The predicted octanol–water partition coefficient (Wildman–Crippen LogP) is 5.45. The van der Waals surface area contributed by atoms with Gasteiger partial charge in [-0.15, -0.1) is 45.3 Å². The van der Waals surface area contributed by atoms with Gasteiger partial charge >= 0.3 is 12.4 Å². The van der Waals surface area contributed by atoms with E-state index in [1.165, 1.54) is 46.3 Å². The van der Waals surface area contributed by atoms with E-state index in [2.05, 4.69) is 19.9 Å². The quantitative estimate of drug-likeness (QED) is 0.336. The fourth-order valence-corrected chi connectivity index (χ4v) is 5.87. The van der Waals surface area contributed by atoms with Gasteiger partial charge in [-0.3, -0.25) is 0 Å². The molecule has 1 N–H and O–H groups in total. The van der Waals surface area contributed by atoms with Gasteiger partial charge in [-0.1, -0.05) is 0 Å². The van der Waals surface area contributed by atoms with E-state index in [0.717, 1.165) is 52.5 Å². The third kappa shape index (κ3) is 4.67. The van der Waals surface area contributed by atoms with Crippen molar-refractivity contribution >= 4 is 45.3 Å². The number of ether oxygens (including phenoxy) is 1. The lowest BCUT2D eigenvalue weighted by molar-refractivity contribution is -0.258. The maximum absolute atomic E-state index is 13.3. The lowest BCUT2D eigenvalue weighted by Gasteiger charge is -2.30. The zero-order valence-electron chi connectivity index (χ0n) is 16.2. The van der Waals surface area contributed by atoms with Crippen LogP contribution in [0.1, 0.15) is 20.0 Å². The van der Waals surface area contributed by atoms with Crippen molar-refractivity contribution in [3.63, 3.8) is 0 Å². The standard InChI is InChI=1S/C9H7F3N2OS2.C8H5F3N2OS2/c1-15-8(9(10,11)12,6-13-2-4-16-6)7-14-3-5-17-7;9-8(10,11)7(14,5-12-1-3-15-5)6-13-2-4-16-6/h2-5H,1H3;1-4,14H. The smallest absolute Gasteiger partial charge is 0.369 e. The van der Waals surface area contributed by atoms with Crippen molar-refractivity contribution in [1.82, 2.24) is 19.9 Å². The molecule has 0 aliphatic rings. The zero-order chi connectivity index (χ0) is 24.3. The molecule has 0 saturated heterocycles. The van der Waals surface area contributed by atoms with Crippen LogP contribution in [0, 0.1) is 0 Å². The van der Waals surface area contributed by atoms with E-state index in [1.54, 1.807) is 0 Å². The highest BCUT2D eigenvalue weighted by atomic mass is 32.1. The number of nitrogens with zero attached hydrogens (tertiary/aromatic N) is 4. The van der Waals surface area contributed by atoms with E-state index in [4.69, 9.17) is 4.74 Å². The maximum atomic E-state index is 13.3. The number of methoxy groups -OCH3 is 1. The number of alkyl halides is 6. The van der Waals surface area contributed by atoms with Crippen molar-refractivity contribution < 1.29 is 36.2 Å². The van der Waals surface area contributed by atoms with Crippen LogP contribution < -0.4 is 0 Å². The summed E-state index contributed by atoms with van der Waals surface area (Å²) in [6.07, 6.45) is -4.41. The van der Waals surface area contributed by atoms with Crippen molar-refractivity contribution in [2.24, 2.45) is 0 Å². The van der Waals surface area contributed by atoms with E-state index in [-0.39, 0.29) is 10.0 Å². The minimum Gasteiger partial charge on any atom is -0.369 e. The second kappa shape index (κ2) is 9.71. The van der Waals surface area contributed by atoms with Crippen LogP contribution in [0.5, 0.6) is 0 Å². The van der Waals surface area contributed by atoms with Gasteiger partial charge in [0.1, 0.15) is 20.0 Å². The van der Waals surface area contributed by atoms with E-state index in [1.807, 2.05) is 0 Å². The van der Waals surface area contributed by atoms with E-state index >= 15 is 0 Å². The number of hydrogen-bond acceptors (Lipinski definition) is 10. The van der Waals surface area contributed by atoms with E-state index in [9.17, 15) is 31.4 Å². The third-order valence-electron chi connectivity index (χ3n) is 4.07. The van der Waals surface area contributed by atoms with Crippen LogP contribution in [-0.2, 0) is 15.9 Å². The Hall–Kier alpha value is -1.98. The Labute approximate surface area is 198 Å². The Morgan fingerprint density at radius 2 is 0.970 bits per heavy atom. The van der Waals surface area contributed by atoms with Gasteiger partial charge in [0.05, 0.1) is 0 Å². The van der Waals surface area contributed by atoms with Crippen molar-refractivity contribution in [1.29, 1.82) is 0 Å². The van der Waals surface area contributed by atoms with Crippen LogP contribution >= 0.6 is 45.3 Å². The molecule has 4 heterocycles. The summed E-state index contributed by atoms with van der Waals surface area (Å²) in [6.45, 7) is 0. The number of halogens is 6. The SMILES string of the molecule is COC(c1nccs1)(c1nccs1)C(F)(F)F.OC(c1nccs1)(c1nccs1)C(F)(F)F. The lowest BCUT2D eigenvalue weighted by Crippen LogP contribution is -2.45. The molecule has 0 atom stereocenters. The molecule has 0 fully saturated rings. The van der Waals surface area contributed by atoms with Crippen molar-refractivity contribution in [3.8, 4) is 0 Å². The second-order valence-electron chi connectivity index (χ2n) is 5.94. The van der Waals surface area contributed by atoms with Gasteiger partial charge in [-0.25, -0.2) is 19.9 Å². The molecule has 4 aromatic rings. The molecule has 4 aromatic heterocycles. The molecule has 33 heavy (non-hydrogen) atoms. The van der Waals surface area contributed by atoms with Crippen LogP contribution in [0.2, 0.25) is 0 Å². The highest BCUT2D eigenvalue weighted by Gasteiger charge is 2.62. The summed E-state index contributed by atoms with van der Waals surface area (Å²) in [5.41, 5.74) is -5.66. The summed E-state index contributed by atoms with van der Waals surface area (Å²) < 4.78 is 83.4. The summed E-state index contributed by atoms with van der Waals surface area (Å²) >= 11 is 3.26. The molecular formula is C17H12F6N4O2S4. The number of aliphatic hydroxyl groups is 1. The zero-order valence-corrected chi connectivity index (χ0v) is 19.4. The Bertz CT molecular complexity index is 1030. The minimum absolute atomic E-state index is 0.164. The first kappa shape index (κ1) is 25.6. The van der Waals surface area contributed by atoms with Gasteiger partial charge in [-0.05, 0) is 0 Å². The van der Waals surface area contributed by atoms with Gasteiger partial charge in [0.15, 0.2) is 0 Å². The average Bonchev–Trinajstić information content (AvgIpc) is 3.56. The molecule has 16 heteroatoms. The summed E-state index contributed by atoms with van der Waals surface area (Å²) in [5, 5.41) is 14.4. The Morgan fingerprint density at radius 1 is 0.636 bits per heavy atom. The van der Waals surface area contributed by atoms with Crippen LogP contribution in [0.4, 0.5) is 26.3 Å². The summed E-state index contributed by atoms with van der Waals surface area (Å²) in [5.74, 6) is 0. The van der Waals surface area contributed by atoms with Crippen molar-refractivity contribution in [2.75, 3.05) is 7.11 Å². The fraction of sp³-hybridized carbons (Fsp3) is 0.294. The van der Waals surface area contributed by atoms with Gasteiger partial charge in [0.2, 0.25) is 0 Å². The van der Waals surface area contributed by atoms with Crippen LogP contribution in [-0.4, -0.2) is 44.5 Å². The first-order valence-corrected chi connectivity index (χ1v) is 12.0. The second-order valence-corrected chi connectivity index (χ2v) is 9.52. The van der Waals surface area contributed by atoms with Gasteiger partial charge < -0.3 is 9.84 Å². The normalized spacial score (nSPS) is 13.0. The molecule has 6 nitrogen and oxygen atoms in total. The Kier molecular flexibility index (Phi) is 7.55. The molecule has 0 aromatic carbocycles. The van der Waals surface area contributed by atoms with E-state index < -0.39 is 33.6 Å². The molecule has 4 rings (SSSR count). The molecular weight excluding hydrogens is 534 g/mol. The molecule has 0 unspecified atom stereocenters. The summed E-state index contributed by atoms with van der Waals surface area (Å²) in [6, 6.07) is 0. The lowest BCUT2D eigenvalue weighted by atomic mass is 10.1. The minimum atomic E-state index is -4.84. The molecule has 0 spiro atoms. The van der Waals surface area contributed by atoms with Crippen LogP contribution in [0.15, 0.2) is 46.3 Å². The molecule has 0 bridgehead atoms. The number of rotatable bonds is 5. The summed E-state index contributed by atoms with van der Waals surface area (Å²) in [4.78, 5) is 14.5. The third-order valence-corrected chi connectivity index (χ3v) is 7.58. The highest BCUT2D eigenvalue weighted by Crippen LogP contribution is 2.48. The Morgan fingerprint density at radius 3 is 1.18 bits per heavy atom.